The molecule has 134 valence electrons. The van der Waals surface area contributed by atoms with E-state index in [0.29, 0.717) is 11.7 Å². The van der Waals surface area contributed by atoms with Gasteiger partial charge in [0.15, 0.2) is 6.61 Å². The number of ether oxygens (including phenoxy) is 1. The van der Waals surface area contributed by atoms with Crippen LogP contribution < -0.4 is 4.74 Å². The first kappa shape index (κ1) is 17.8. The molecule has 3 rings (SSSR count). The van der Waals surface area contributed by atoms with Crippen LogP contribution in [0.4, 0.5) is 0 Å². The van der Waals surface area contributed by atoms with Crippen LogP contribution in [0.2, 0.25) is 0 Å². The lowest BCUT2D eigenvalue weighted by molar-refractivity contribution is -0.132. The summed E-state index contributed by atoms with van der Waals surface area (Å²) in [7, 11) is 2.13. The summed E-state index contributed by atoms with van der Waals surface area (Å²) in [6.45, 7) is 5.66. The van der Waals surface area contributed by atoms with Crippen LogP contribution in [0.3, 0.4) is 0 Å². The molecule has 3 heterocycles. The average Bonchev–Trinajstić information content (AvgIpc) is 3.23. The zero-order valence-corrected chi connectivity index (χ0v) is 15.5. The maximum Gasteiger partial charge on any atom is 0.260 e. The summed E-state index contributed by atoms with van der Waals surface area (Å²) in [5, 5.41) is 0. The highest BCUT2D eigenvalue weighted by atomic mass is 32.1. The summed E-state index contributed by atoms with van der Waals surface area (Å²) < 4.78 is 5.51. The molecular weight excluding hydrogens is 336 g/mol. The first-order chi connectivity index (χ1) is 12.1. The van der Waals surface area contributed by atoms with Crippen LogP contribution >= 0.6 is 11.3 Å². The monoisotopic (exact) mass is 360 g/mol. The van der Waals surface area contributed by atoms with Gasteiger partial charge in [-0.3, -0.25) is 9.78 Å². The molecule has 0 spiro atoms. The minimum Gasteiger partial charge on any atom is -0.482 e. The van der Waals surface area contributed by atoms with Gasteiger partial charge in [0.2, 0.25) is 0 Å². The van der Waals surface area contributed by atoms with Crippen LogP contribution in [0, 0.1) is 12.8 Å². The molecule has 1 aliphatic rings. The van der Waals surface area contributed by atoms with E-state index < -0.39 is 0 Å². The van der Waals surface area contributed by atoms with Crippen LogP contribution in [-0.4, -0.2) is 59.0 Å². The van der Waals surface area contributed by atoms with E-state index >= 15 is 0 Å². The van der Waals surface area contributed by atoms with Crippen LogP contribution in [0.25, 0.3) is 0 Å². The molecule has 0 radical (unpaired) electrons. The maximum absolute atomic E-state index is 12.3. The summed E-state index contributed by atoms with van der Waals surface area (Å²) in [6.07, 6.45) is 4.35. The molecular formula is C18H24N4O2S. The molecule has 6 nitrogen and oxygen atoms in total. The summed E-state index contributed by atoms with van der Waals surface area (Å²) in [4.78, 5) is 26.1. The number of amides is 1. The predicted molar refractivity (Wildman–Crippen MR) is 97.6 cm³/mol. The van der Waals surface area contributed by atoms with Crippen molar-refractivity contribution in [1.82, 2.24) is 19.8 Å². The minimum atomic E-state index is 0.0484. The second kappa shape index (κ2) is 8.40. The van der Waals surface area contributed by atoms with E-state index in [0.717, 1.165) is 38.3 Å². The summed E-state index contributed by atoms with van der Waals surface area (Å²) in [6, 6.07) is 3.61. The van der Waals surface area contributed by atoms with Gasteiger partial charge >= 0.3 is 0 Å². The topological polar surface area (TPSA) is 58.6 Å². The lowest BCUT2D eigenvalue weighted by Gasteiger charge is -2.21. The lowest BCUT2D eigenvalue weighted by Crippen LogP contribution is -2.34. The van der Waals surface area contributed by atoms with E-state index in [9.17, 15) is 4.79 Å². The van der Waals surface area contributed by atoms with Gasteiger partial charge in [-0.2, -0.15) is 0 Å². The number of carbonyl (C=O) groups excluding carboxylic acids is 1. The van der Waals surface area contributed by atoms with Gasteiger partial charge in [0, 0.05) is 37.3 Å². The molecule has 2 aromatic heterocycles. The van der Waals surface area contributed by atoms with E-state index in [1.54, 1.807) is 29.8 Å². The minimum absolute atomic E-state index is 0.0484. The van der Waals surface area contributed by atoms with Crippen LogP contribution in [0.5, 0.6) is 5.75 Å². The molecule has 1 saturated heterocycles. The van der Waals surface area contributed by atoms with Gasteiger partial charge in [0.25, 0.3) is 5.91 Å². The summed E-state index contributed by atoms with van der Waals surface area (Å²) in [5.41, 5.74) is 3.02. The maximum atomic E-state index is 12.3. The molecule has 1 unspecified atom stereocenters. The fourth-order valence-electron chi connectivity index (χ4n) is 3.11. The first-order valence-electron chi connectivity index (χ1n) is 8.50. The molecule has 1 fully saturated rings. The number of likely N-dealkylation sites (tertiary alicyclic amines) is 1. The molecule has 0 bridgehead atoms. The van der Waals surface area contributed by atoms with E-state index in [4.69, 9.17) is 4.74 Å². The Hall–Kier alpha value is -1.99. The highest BCUT2D eigenvalue weighted by Gasteiger charge is 2.27. The molecule has 1 amide bonds. The van der Waals surface area contributed by atoms with Crippen LogP contribution in [-0.2, 0) is 11.3 Å². The standard InChI is InChI=1S/C18H24N4O2S/c1-14-17(25-13-20-14)11-21(2)9-15-5-7-22(10-15)18(23)12-24-16-4-3-6-19-8-16/h3-4,6,8,13,15H,5,7,9-12H2,1-2H3. The number of nitrogens with zero attached hydrogens (tertiary/aromatic N) is 4. The predicted octanol–water partition coefficient (Wildman–Crippen LogP) is 2.21. The van der Waals surface area contributed by atoms with E-state index in [1.165, 1.54) is 4.88 Å². The van der Waals surface area contributed by atoms with Crippen molar-refractivity contribution in [2.24, 2.45) is 5.92 Å². The number of hydrogen-bond donors (Lipinski definition) is 0. The number of rotatable bonds is 7. The van der Waals surface area contributed by atoms with Crippen molar-refractivity contribution in [3.8, 4) is 5.75 Å². The van der Waals surface area contributed by atoms with Crippen LogP contribution in [0.1, 0.15) is 17.0 Å². The summed E-state index contributed by atoms with van der Waals surface area (Å²) >= 11 is 1.71. The highest BCUT2D eigenvalue weighted by Crippen LogP contribution is 2.20. The van der Waals surface area contributed by atoms with Crippen molar-refractivity contribution < 1.29 is 9.53 Å². The van der Waals surface area contributed by atoms with Gasteiger partial charge in [0.05, 0.1) is 17.4 Å². The van der Waals surface area contributed by atoms with Gasteiger partial charge < -0.3 is 14.5 Å². The number of pyridine rings is 1. The van der Waals surface area contributed by atoms with E-state index in [-0.39, 0.29) is 12.5 Å². The smallest absolute Gasteiger partial charge is 0.260 e. The number of aromatic nitrogens is 2. The second-order valence-corrected chi connectivity index (χ2v) is 7.47. The quantitative estimate of drug-likeness (QED) is 0.758. The van der Waals surface area contributed by atoms with Crippen molar-refractivity contribution in [2.75, 3.05) is 33.3 Å². The Labute approximate surface area is 152 Å². The van der Waals surface area contributed by atoms with Crippen molar-refractivity contribution in [3.05, 3.63) is 40.6 Å². The molecule has 7 heteroatoms. The fraction of sp³-hybridized carbons (Fsp3) is 0.500. The molecule has 1 atom stereocenters. The average molecular weight is 360 g/mol. The molecule has 2 aromatic rings. The largest absolute Gasteiger partial charge is 0.482 e. The Balaban J connectivity index is 1.41. The Bertz CT molecular complexity index is 691. The number of thiazole rings is 1. The lowest BCUT2D eigenvalue weighted by atomic mass is 10.1. The van der Waals surface area contributed by atoms with E-state index in [2.05, 4.69) is 28.8 Å². The third kappa shape index (κ3) is 4.99. The zero-order valence-electron chi connectivity index (χ0n) is 14.7. The van der Waals surface area contributed by atoms with Crippen molar-refractivity contribution in [3.63, 3.8) is 0 Å². The molecule has 1 aliphatic heterocycles. The van der Waals surface area contributed by atoms with Crippen molar-refractivity contribution in [2.45, 2.75) is 19.9 Å². The van der Waals surface area contributed by atoms with Crippen molar-refractivity contribution in [1.29, 1.82) is 0 Å². The van der Waals surface area contributed by atoms with Crippen molar-refractivity contribution >= 4 is 17.2 Å². The van der Waals surface area contributed by atoms with Gasteiger partial charge in [-0.15, -0.1) is 11.3 Å². The Morgan fingerprint density at radius 1 is 1.52 bits per heavy atom. The van der Waals surface area contributed by atoms with Crippen LogP contribution in [0.15, 0.2) is 30.0 Å². The molecule has 0 saturated carbocycles. The van der Waals surface area contributed by atoms with Gasteiger partial charge in [-0.25, -0.2) is 4.98 Å². The SMILES string of the molecule is Cc1ncsc1CN(C)CC1CCN(C(=O)COc2cccnc2)C1. The van der Waals surface area contributed by atoms with Gasteiger partial charge in [-0.05, 0) is 38.4 Å². The Morgan fingerprint density at radius 2 is 2.40 bits per heavy atom. The number of carbonyl (C=O) groups is 1. The molecule has 0 N–H and O–H groups in total. The van der Waals surface area contributed by atoms with Gasteiger partial charge in [0.1, 0.15) is 5.75 Å². The highest BCUT2D eigenvalue weighted by molar-refractivity contribution is 7.09. The first-order valence-corrected chi connectivity index (χ1v) is 9.38. The second-order valence-electron chi connectivity index (χ2n) is 6.53. The zero-order chi connectivity index (χ0) is 17.6. The summed E-state index contributed by atoms with van der Waals surface area (Å²) in [5.74, 6) is 1.19. The molecule has 25 heavy (non-hydrogen) atoms. The Kier molecular flexibility index (Phi) is 5.99. The molecule has 0 aromatic carbocycles. The molecule has 0 aliphatic carbocycles. The number of hydrogen-bond acceptors (Lipinski definition) is 6. The van der Waals surface area contributed by atoms with E-state index in [1.807, 2.05) is 16.5 Å². The number of aryl methyl sites for hydroxylation is 1. The third-order valence-electron chi connectivity index (χ3n) is 4.46. The third-order valence-corrected chi connectivity index (χ3v) is 5.38. The van der Waals surface area contributed by atoms with Gasteiger partial charge in [-0.1, -0.05) is 0 Å². The fourth-order valence-corrected chi connectivity index (χ4v) is 3.96. The normalized spacial score (nSPS) is 17.2. The Morgan fingerprint density at radius 3 is 3.12 bits per heavy atom.